The van der Waals surface area contributed by atoms with E-state index in [9.17, 15) is 4.79 Å². The number of carbonyl (C=O) groups is 1. The molecular weight excluding hydrogens is 456 g/mol. The van der Waals surface area contributed by atoms with Gasteiger partial charge in [0.1, 0.15) is 29.9 Å². The minimum absolute atomic E-state index is 0.0132. The fourth-order valence-corrected chi connectivity index (χ4v) is 4.64. The van der Waals surface area contributed by atoms with E-state index in [4.69, 9.17) is 19.0 Å². The maximum Gasteiger partial charge on any atom is 0.257 e. The van der Waals surface area contributed by atoms with Gasteiger partial charge in [0.15, 0.2) is 0 Å². The first-order chi connectivity index (χ1) is 17.7. The van der Waals surface area contributed by atoms with Crippen molar-refractivity contribution in [3.63, 3.8) is 0 Å². The normalized spacial score (nSPS) is 18.8. The second kappa shape index (κ2) is 11.4. The van der Waals surface area contributed by atoms with Gasteiger partial charge < -0.3 is 13.9 Å². The molecule has 8 heteroatoms. The van der Waals surface area contributed by atoms with E-state index in [1.54, 1.807) is 18.4 Å². The van der Waals surface area contributed by atoms with E-state index in [0.29, 0.717) is 19.6 Å². The van der Waals surface area contributed by atoms with Crippen LogP contribution in [0.5, 0.6) is 11.5 Å². The summed E-state index contributed by atoms with van der Waals surface area (Å²) in [5.74, 6) is 2.42. The Morgan fingerprint density at radius 2 is 1.69 bits per heavy atom. The molecule has 1 atom stereocenters. The molecule has 0 spiro atoms. The molecule has 1 saturated heterocycles. The van der Waals surface area contributed by atoms with Crippen LogP contribution in [0.3, 0.4) is 0 Å². The Bertz CT molecular complexity index is 1140. The van der Waals surface area contributed by atoms with Crippen LogP contribution < -0.4 is 9.47 Å². The lowest BCUT2D eigenvalue weighted by Gasteiger charge is -2.34. The third-order valence-corrected chi connectivity index (χ3v) is 6.70. The summed E-state index contributed by atoms with van der Waals surface area (Å²) in [5, 5.41) is 6.36. The lowest BCUT2D eigenvalue weighted by atomic mass is 10.0. The largest absolute Gasteiger partial charge is 0.497 e. The average molecular weight is 489 g/mol. The van der Waals surface area contributed by atoms with E-state index in [1.807, 2.05) is 66.7 Å². The van der Waals surface area contributed by atoms with Crippen molar-refractivity contribution in [3.05, 3.63) is 84.3 Å². The smallest absolute Gasteiger partial charge is 0.257 e. The molecule has 1 fully saturated rings. The summed E-state index contributed by atoms with van der Waals surface area (Å²) in [7, 11) is 1.65. The number of furan rings is 1. The van der Waals surface area contributed by atoms with Gasteiger partial charge in [-0.05, 0) is 54.1 Å². The van der Waals surface area contributed by atoms with E-state index in [0.717, 1.165) is 61.3 Å². The van der Waals surface area contributed by atoms with Crippen LogP contribution in [-0.4, -0.2) is 79.4 Å². The Labute approximate surface area is 211 Å². The fourth-order valence-electron chi connectivity index (χ4n) is 4.64. The van der Waals surface area contributed by atoms with Gasteiger partial charge in [-0.2, -0.15) is 5.10 Å². The number of piperazine rings is 1. The molecule has 2 aliphatic rings. The number of hydrazone groups is 1. The predicted octanol–water partition coefficient (Wildman–Crippen LogP) is 3.66. The molecule has 1 unspecified atom stereocenters. The van der Waals surface area contributed by atoms with Crippen molar-refractivity contribution < 1.29 is 18.7 Å². The molecule has 5 rings (SSSR count). The van der Waals surface area contributed by atoms with Gasteiger partial charge in [0, 0.05) is 39.1 Å². The summed E-state index contributed by atoms with van der Waals surface area (Å²) in [4.78, 5) is 18.0. The molecule has 3 heterocycles. The first-order valence-corrected chi connectivity index (χ1v) is 12.4. The van der Waals surface area contributed by atoms with E-state index >= 15 is 0 Å². The third kappa shape index (κ3) is 5.78. The van der Waals surface area contributed by atoms with Gasteiger partial charge in [-0.3, -0.25) is 14.6 Å². The number of hydrogen-bond donors (Lipinski definition) is 0. The Hall–Kier alpha value is -3.62. The molecule has 1 amide bonds. The topological polar surface area (TPSA) is 70.8 Å². The highest BCUT2D eigenvalue weighted by atomic mass is 16.5. The van der Waals surface area contributed by atoms with Crippen LogP contribution in [0, 0.1) is 0 Å². The first kappa shape index (κ1) is 24.1. The third-order valence-electron chi connectivity index (χ3n) is 6.70. The summed E-state index contributed by atoms with van der Waals surface area (Å²) in [6.07, 6.45) is 2.25. The number of ether oxygens (including phenoxy) is 2. The minimum Gasteiger partial charge on any atom is -0.497 e. The van der Waals surface area contributed by atoms with Crippen LogP contribution in [0.4, 0.5) is 0 Å². The van der Waals surface area contributed by atoms with Crippen LogP contribution in [-0.2, 0) is 4.79 Å². The van der Waals surface area contributed by atoms with Gasteiger partial charge >= 0.3 is 0 Å². The molecule has 1 aromatic heterocycles. The average Bonchev–Trinajstić information content (AvgIpc) is 3.61. The number of amides is 1. The quantitative estimate of drug-likeness (QED) is 0.458. The predicted molar refractivity (Wildman–Crippen MR) is 137 cm³/mol. The highest BCUT2D eigenvalue weighted by Crippen LogP contribution is 2.33. The highest BCUT2D eigenvalue weighted by Gasteiger charge is 2.35. The number of benzene rings is 2. The molecule has 36 heavy (non-hydrogen) atoms. The maximum atomic E-state index is 13.4. The molecule has 0 bridgehead atoms. The van der Waals surface area contributed by atoms with Gasteiger partial charge in [0.05, 0.1) is 25.6 Å². The Morgan fingerprint density at radius 1 is 0.944 bits per heavy atom. The zero-order valence-electron chi connectivity index (χ0n) is 20.6. The monoisotopic (exact) mass is 488 g/mol. The Kier molecular flexibility index (Phi) is 7.64. The summed E-state index contributed by atoms with van der Waals surface area (Å²) < 4.78 is 16.8. The fraction of sp³-hybridized carbons (Fsp3) is 0.357. The van der Waals surface area contributed by atoms with Gasteiger partial charge in [-0.15, -0.1) is 0 Å². The molecule has 0 radical (unpaired) electrons. The number of para-hydroxylation sites is 1. The second-order valence-corrected chi connectivity index (χ2v) is 9.03. The first-order valence-electron chi connectivity index (χ1n) is 12.4. The molecule has 0 aliphatic carbocycles. The van der Waals surface area contributed by atoms with E-state index in [2.05, 4.69) is 9.80 Å². The van der Waals surface area contributed by atoms with Crippen molar-refractivity contribution in [2.75, 3.05) is 53.0 Å². The van der Waals surface area contributed by atoms with Crippen molar-refractivity contribution >= 4 is 11.6 Å². The van der Waals surface area contributed by atoms with E-state index < -0.39 is 0 Å². The zero-order valence-corrected chi connectivity index (χ0v) is 20.6. The molecule has 0 N–H and O–H groups in total. The highest BCUT2D eigenvalue weighted by molar-refractivity contribution is 6.03. The van der Waals surface area contributed by atoms with Gasteiger partial charge in [0.25, 0.3) is 5.91 Å². The molecule has 8 nitrogen and oxygen atoms in total. The van der Waals surface area contributed by atoms with Gasteiger partial charge in [0.2, 0.25) is 0 Å². The lowest BCUT2D eigenvalue weighted by molar-refractivity contribution is -0.135. The Balaban J connectivity index is 1.16. The SMILES string of the molecule is COc1ccc(C2=NN(C(=O)CN3CCN(CCOc4ccccc4)CC3)C(c3ccco3)C2)cc1. The lowest BCUT2D eigenvalue weighted by Crippen LogP contribution is -2.50. The molecular formula is C28H32N4O4. The summed E-state index contributed by atoms with van der Waals surface area (Å²) >= 11 is 0. The Morgan fingerprint density at radius 3 is 2.39 bits per heavy atom. The molecule has 3 aromatic rings. The number of hydrogen-bond acceptors (Lipinski definition) is 7. The number of methoxy groups -OCH3 is 1. The van der Waals surface area contributed by atoms with E-state index in [-0.39, 0.29) is 11.9 Å². The van der Waals surface area contributed by atoms with Crippen molar-refractivity contribution in [3.8, 4) is 11.5 Å². The van der Waals surface area contributed by atoms with E-state index in [1.165, 1.54) is 0 Å². The number of carbonyl (C=O) groups excluding carboxylic acids is 1. The van der Waals surface area contributed by atoms with Crippen molar-refractivity contribution in [2.45, 2.75) is 12.5 Å². The van der Waals surface area contributed by atoms with Crippen LogP contribution in [0.1, 0.15) is 23.8 Å². The van der Waals surface area contributed by atoms with Crippen molar-refractivity contribution in [2.24, 2.45) is 5.10 Å². The number of rotatable bonds is 9. The maximum absolute atomic E-state index is 13.4. The zero-order chi connectivity index (χ0) is 24.7. The van der Waals surface area contributed by atoms with Crippen LogP contribution >= 0.6 is 0 Å². The standard InChI is InChI=1S/C28H32N4O4/c1-34-23-11-9-22(10-12-23)25-20-26(27-8-5-18-36-27)32(29-25)28(33)21-31-15-13-30(14-16-31)17-19-35-24-6-3-2-4-7-24/h2-12,18,26H,13-17,19-21H2,1H3. The van der Waals surface area contributed by atoms with Crippen LogP contribution in [0.15, 0.2) is 82.5 Å². The summed E-state index contributed by atoms with van der Waals surface area (Å²) in [6.45, 7) is 5.37. The molecule has 2 aromatic carbocycles. The van der Waals surface area contributed by atoms with Crippen molar-refractivity contribution in [1.29, 1.82) is 0 Å². The molecule has 188 valence electrons. The summed E-state index contributed by atoms with van der Waals surface area (Å²) in [6, 6.07) is 21.2. The van der Waals surface area contributed by atoms with Crippen LogP contribution in [0.2, 0.25) is 0 Å². The second-order valence-electron chi connectivity index (χ2n) is 9.03. The molecule has 0 saturated carbocycles. The molecule has 2 aliphatic heterocycles. The minimum atomic E-state index is -0.235. The van der Waals surface area contributed by atoms with Crippen LogP contribution in [0.25, 0.3) is 0 Å². The van der Waals surface area contributed by atoms with Gasteiger partial charge in [-0.1, -0.05) is 18.2 Å². The van der Waals surface area contributed by atoms with Crippen molar-refractivity contribution in [1.82, 2.24) is 14.8 Å². The summed E-state index contributed by atoms with van der Waals surface area (Å²) in [5.41, 5.74) is 1.85. The number of nitrogens with zero attached hydrogens (tertiary/aromatic N) is 4. The van der Waals surface area contributed by atoms with Gasteiger partial charge in [-0.25, -0.2) is 5.01 Å².